The zero-order chi connectivity index (χ0) is 30.6. The van der Waals surface area contributed by atoms with Crippen molar-refractivity contribution < 1.29 is 22.7 Å². The molecule has 1 aliphatic rings. The van der Waals surface area contributed by atoms with Crippen molar-refractivity contribution in [1.29, 1.82) is 0 Å². The number of thioether (sulfide) groups is 1. The maximum absolute atomic E-state index is 12.7. The summed E-state index contributed by atoms with van der Waals surface area (Å²) in [5, 5.41) is 9.10. The lowest BCUT2D eigenvalue weighted by atomic mass is 10.1. The van der Waals surface area contributed by atoms with Gasteiger partial charge in [-0.25, -0.2) is 9.67 Å². The standard InChI is InChI=1S/C29H22F3N7O2S2/c1-3-20-7-4-18(2)14-24(20)39-25(40)16-43-28(39)35-27(42)36-34-15-19-5-8-21(9-6-19)26-33-17-38(37-26)22-10-12-23(13-11-22)41-29(30,31)32/h3-15,17H,1,16H2,2H3,(H,36,42)/b34-15+,35-28?. The Morgan fingerprint density at radius 2 is 1.88 bits per heavy atom. The summed E-state index contributed by atoms with van der Waals surface area (Å²) in [6.07, 6.45) is -0.0417. The van der Waals surface area contributed by atoms with E-state index in [1.54, 1.807) is 36.6 Å². The maximum atomic E-state index is 12.7. The van der Waals surface area contributed by atoms with Gasteiger partial charge in [-0.3, -0.25) is 15.1 Å². The molecule has 1 aromatic heterocycles. The molecular weight excluding hydrogens is 599 g/mol. The van der Waals surface area contributed by atoms with Crippen LogP contribution in [0.2, 0.25) is 0 Å². The summed E-state index contributed by atoms with van der Waals surface area (Å²) in [5.41, 5.74) is 7.22. The van der Waals surface area contributed by atoms with Crippen molar-refractivity contribution in [2.75, 3.05) is 10.7 Å². The van der Waals surface area contributed by atoms with Crippen molar-refractivity contribution in [2.45, 2.75) is 13.3 Å². The van der Waals surface area contributed by atoms with E-state index in [-0.39, 0.29) is 22.5 Å². The van der Waals surface area contributed by atoms with Crippen LogP contribution >= 0.6 is 24.0 Å². The number of aromatic nitrogens is 3. The number of rotatable bonds is 7. The number of hydrazone groups is 1. The molecule has 1 aliphatic heterocycles. The molecular formula is C29H22F3N7O2S2. The molecule has 2 heterocycles. The highest BCUT2D eigenvalue weighted by molar-refractivity contribution is 8.15. The molecule has 4 aromatic rings. The maximum Gasteiger partial charge on any atom is 0.573 e. The van der Waals surface area contributed by atoms with Gasteiger partial charge in [0, 0.05) is 5.56 Å². The van der Waals surface area contributed by atoms with E-state index in [0.717, 1.165) is 22.3 Å². The van der Waals surface area contributed by atoms with E-state index < -0.39 is 6.36 Å². The van der Waals surface area contributed by atoms with E-state index in [0.29, 0.717) is 22.4 Å². The fourth-order valence-electron chi connectivity index (χ4n) is 4.01. The second-order valence-electron chi connectivity index (χ2n) is 9.03. The van der Waals surface area contributed by atoms with E-state index >= 15 is 0 Å². The van der Waals surface area contributed by atoms with Crippen molar-refractivity contribution in [3.63, 3.8) is 0 Å². The molecule has 43 heavy (non-hydrogen) atoms. The second-order valence-corrected chi connectivity index (χ2v) is 10.4. The van der Waals surface area contributed by atoms with Gasteiger partial charge in [0.15, 0.2) is 11.0 Å². The molecule has 0 radical (unpaired) electrons. The largest absolute Gasteiger partial charge is 0.573 e. The van der Waals surface area contributed by atoms with Gasteiger partial charge in [0.2, 0.25) is 11.0 Å². The first-order valence-electron chi connectivity index (χ1n) is 12.6. The number of ether oxygens (including phenoxy) is 1. The van der Waals surface area contributed by atoms with Crippen LogP contribution in [0.5, 0.6) is 5.75 Å². The summed E-state index contributed by atoms with van der Waals surface area (Å²) in [5.74, 6) is 0.250. The van der Waals surface area contributed by atoms with Gasteiger partial charge in [-0.15, -0.1) is 18.3 Å². The van der Waals surface area contributed by atoms with Crippen LogP contribution < -0.4 is 15.1 Å². The third-order valence-electron chi connectivity index (χ3n) is 5.98. The Labute approximate surface area is 253 Å². The number of carbonyl (C=O) groups is 1. The van der Waals surface area contributed by atoms with E-state index in [4.69, 9.17) is 12.2 Å². The number of anilines is 1. The summed E-state index contributed by atoms with van der Waals surface area (Å²) in [4.78, 5) is 22.9. The number of hydrogen-bond acceptors (Lipinski definition) is 7. The summed E-state index contributed by atoms with van der Waals surface area (Å²) in [6, 6.07) is 18.3. The van der Waals surface area contributed by atoms with Crippen LogP contribution in [0, 0.1) is 6.92 Å². The molecule has 1 N–H and O–H groups in total. The molecule has 14 heteroatoms. The number of aliphatic imine (C=N–C) groups is 1. The summed E-state index contributed by atoms with van der Waals surface area (Å²) < 4.78 is 42.5. The topological polar surface area (TPSA) is 97.0 Å². The molecule has 1 saturated heterocycles. The molecule has 0 unspecified atom stereocenters. The minimum atomic E-state index is -4.76. The molecule has 1 amide bonds. The number of amides is 1. The van der Waals surface area contributed by atoms with Crippen LogP contribution in [-0.2, 0) is 4.79 Å². The molecule has 0 aliphatic carbocycles. The lowest BCUT2D eigenvalue weighted by Crippen LogP contribution is -2.31. The lowest BCUT2D eigenvalue weighted by Gasteiger charge is -2.19. The van der Waals surface area contributed by atoms with Crippen LogP contribution in [0.15, 0.2) is 89.7 Å². The molecule has 218 valence electrons. The van der Waals surface area contributed by atoms with Gasteiger partial charge in [-0.05, 0) is 66.2 Å². The van der Waals surface area contributed by atoms with Gasteiger partial charge >= 0.3 is 6.36 Å². The minimum absolute atomic E-state index is 0.0932. The van der Waals surface area contributed by atoms with E-state index in [9.17, 15) is 18.0 Å². The smallest absolute Gasteiger partial charge is 0.406 e. The van der Waals surface area contributed by atoms with Crippen molar-refractivity contribution >= 4 is 58.1 Å². The first-order chi connectivity index (χ1) is 20.6. The van der Waals surface area contributed by atoms with Gasteiger partial charge in [0.25, 0.3) is 0 Å². The molecule has 0 spiro atoms. The van der Waals surface area contributed by atoms with Crippen LogP contribution in [0.25, 0.3) is 23.2 Å². The molecule has 0 atom stereocenters. The average Bonchev–Trinajstić information content (AvgIpc) is 3.60. The number of nitrogens with zero attached hydrogens (tertiary/aromatic N) is 6. The number of benzene rings is 3. The lowest BCUT2D eigenvalue weighted by molar-refractivity contribution is -0.274. The molecule has 5 rings (SSSR count). The zero-order valence-electron chi connectivity index (χ0n) is 22.4. The SMILES string of the molecule is C=Cc1ccc(C)cc1N1C(=O)CSC1=NC(=S)N/N=C/c1ccc(-c2ncn(-c3ccc(OC(F)(F)F)cc3)n2)cc1. The predicted octanol–water partition coefficient (Wildman–Crippen LogP) is 6.13. The number of thiocarbonyl (C=S) groups is 1. The molecule has 3 aromatic carbocycles. The first-order valence-corrected chi connectivity index (χ1v) is 14.0. The van der Waals surface area contributed by atoms with Gasteiger partial charge in [0.1, 0.15) is 12.1 Å². The zero-order valence-corrected chi connectivity index (χ0v) is 24.1. The predicted molar refractivity (Wildman–Crippen MR) is 165 cm³/mol. The number of amidine groups is 1. The number of aryl methyl sites for hydroxylation is 1. The Balaban J connectivity index is 1.21. The number of nitrogens with one attached hydrogen (secondary N) is 1. The Morgan fingerprint density at radius 1 is 1.14 bits per heavy atom. The Bertz CT molecular complexity index is 1730. The van der Waals surface area contributed by atoms with Crippen LogP contribution in [0.4, 0.5) is 18.9 Å². The highest BCUT2D eigenvalue weighted by Crippen LogP contribution is 2.31. The second kappa shape index (κ2) is 12.6. The molecule has 9 nitrogen and oxygen atoms in total. The Kier molecular flexibility index (Phi) is 8.68. The monoisotopic (exact) mass is 621 g/mol. The molecule has 1 fully saturated rings. The van der Waals surface area contributed by atoms with Crippen LogP contribution in [0.1, 0.15) is 16.7 Å². The molecule has 0 bridgehead atoms. The third kappa shape index (κ3) is 7.34. The number of alkyl halides is 3. The van der Waals surface area contributed by atoms with E-state index in [1.165, 1.54) is 51.9 Å². The van der Waals surface area contributed by atoms with Crippen molar-refractivity contribution in [1.82, 2.24) is 20.2 Å². The first kappa shape index (κ1) is 29.7. The quantitative estimate of drug-likeness (QED) is 0.151. The van der Waals surface area contributed by atoms with Gasteiger partial charge < -0.3 is 4.74 Å². The highest BCUT2D eigenvalue weighted by atomic mass is 32.2. The van der Waals surface area contributed by atoms with Crippen molar-refractivity contribution in [3.8, 4) is 22.8 Å². The number of halogens is 3. The van der Waals surface area contributed by atoms with Gasteiger partial charge in [0.05, 0.1) is 23.3 Å². The third-order valence-corrected chi connectivity index (χ3v) is 7.08. The highest BCUT2D eigenvalue weighted by Gasteiger charge is 2.32. The normalized spacial score (nSPS) is 14.5. The summed E-state index contributed by atoms with van der Waals surface area (Å²) in [6.45, 7) is 5.78. The molecule has 0 saturated carbocycles. The van der Waals surface area contributed by atoms with Crippen molar-refractivity contribution in [3.05, 3.63) is 96.3 Å². The van der Waals surface area contributed by atoms with Crippen LogP contribution in [0.3, 0.4) is 0 Å². The fourth-order valence-corrected chi connectivity index (χ4v) is 5.08. The Morgan fingerprint density at radius 3 is 2.58 bits per heavy atom. The van der Waals surface area contributed by atoms with E-state index in [2.05, 4.69) is 36.9 Å². The average molecular weight is 622 g/mol. The fraction of sp³-hybridized carbons (Fsp3) is 0.103. The number of hydrogen-bond donors (Lipinski definition) is 1. The van der Waals surface area contributed by atoms with E-state index in [1.807, 2.05) is 25.1 Å². The number of carbonyl (C=O) groups excluding carboxylic acids is 1. The van der Waals surface area contributed by atoms with Gasteiger partial charge in [-0.1, -0.05) is 60.8 Å². The van der Waals surface area contributed by atoms with Crippen LogP contribution in [-0.4, -0.2) is 49.3 Å². The summed E-state index contributed by atoms with van der Waals surface area (Å²) >= 11 is 6.62. The van der Waals surface area contributed by atoms with Gasteiger partial charge in [-0.2, -0.15) is 10.1 Å². The summed E-state index contributed by atoms with van der Waals surface area (Å²) in [7, 11) is 0. The van der Waals surface area contributed by atoms with Crippen molar-refractivity contribution in [2.24, 2.45) is 10.1 Å². The Hall–Kier alpha value is -4.82. The minimum Gasteiger partial charge on any atom is -0.406 e.